The summed E-state index contributed by atoms with van der Waals surface area (Å²) < 4.78 is 0. The molecule has 4 rings (SSSR count). The molecule has 0 bridgehead atoms. The van der Waals surface area contributed by atoms with Gasteiger partial charge >= 0.3 is 5.97 Å². The van der Waals surface area contributed by atoms with Gasteiger partial charge in [0.2, 0.25) is 0 Å². The zero-order valence-electron chi connectivity index (χ0n) is 13.8. The van der Waals surface area contributed by atoms with Crippen molar-refractivity contribution < 1.29 is 9.90 Å². The normalized spacial score (nSPS) is 11.1. The van der Waals surface area contributed by atoms with E-state index in [4.69, 9.17) is 0 Å². The van der Waals surface area contributed by atoms with Gasteiger partial charge in [0.1, 0.15) is 9.88 Å². The molecule has 0 saturated carbocycles. The number of aromatic nitrogens is 2. The fraction of sp³-hybridized carbons (Fsp3) is 0.100. The Labute approximate surface area is 148 Å². The Morgan fingerprint density at radius 3 is 2.52 bits per heavy atom. The Bertz CT molecular complexity index is 1110. The molecule has 4 aromatic rings. The van der Waals surface area contributed by atoms with Crippen LogP contribution in [0.5, 0.6) is 0 Å². The molecule has 0 saturated heterocycles. The van der Waals surface area contributed by atoms with Crippen LogP contribution in [0, 0.1) is 13.8 Å². The highest BCUT2D eigenvalue weighted by molar-refractivity contribution is 7.17. The number of hydrogen-bond donors (Lipinski definition) is 2. The highest BCUT2D eigenvalue weighted by Crippen LogP contribution is 2.41. The predicted octanol–water partition coefficient (Wildman–Crippen LogP) is 5.27. The second-order valence-electron chi connectivity index (χ2n) is 5.97. The van der Waals surface area contributed by atoms with Crippen LogP contribution in [0.1, 0.15) is 20.9 Å². The minimum Gasteiger partial charge on any atom is -0.477 e. The van der Waals surface area contributed by atoms with E-state index in [-0.39, 0.29) is 4.88 Å². The van der Waals surface area contributed by atoms with Crippen molar-refractivity contribution in [2.75, 3.05) is 0 Å². The van der Waals surface area contributed by atoms with Gasteiger partial charge in [0.05, 0.1) is 11.4 Å². The van der Waals surface area contributed by atoms with Crippen molar-refractivity contribution in [3.05, 3.63) is 64.7 Å². The zero-order valence-corrected chi connectivity index (χ0v) is 14.6. The zero-order chi connectivity index (χ0) is 17.6. The summed E-state index contributed by atoms with van der Waals surface area (Å²) >= 11 is 1.22. The van der Waals surface area contributed by atoms with Crippen LogP contribution in [0.4, 0.5) is 0 Å². The van der Waals surface area contributed by atoms with Crippen molar-refractivity contribution in [2.24, 2.45) is 0 Å². The van der Waals surface area contributed by atoms with Crippen LogP contribution in [0.25, 0.3) is 32.7 Å². The van der Waals surface area contributed by atoms with E-state index in [1.807, 2.05) is 36.4 Å². The third-order valence-electron chi connectivity index (χ3n) is 4.33. The molecule has 0 amide bonds. The molecule has 25 heavy (non-hydrogen) atoms. The van der Waals surface area contributed by atoms with E-state index in [0.29, 0.717) is 5.69 Å². The number of hydrogen-bond acceptors (Lipinski definition) is 3. The first-order valence-electron chi connectivity index (χ1n) is 7.94. The summed E-state index contributed by atoms with van der Waals surface area (Å²) in [5, 5.41) is 11.2. The van der Waals surface area contributed by atoms with Gasteiger partial charge in [-0.15, -0.1) is 11.3 Å². The van der Waals surface area contributed by atoms with Gasteiger partial charge in [-0.2, -0.15) is 0 Å². The van der Waals surface area contributed by atoms with Crippen molar-refractivity contribution >= 4 is 28.2 Å². The quantitative estimate of drug-likeness (QED) is 0.530. The number of rotatable bonds is 3. The van der Waals surface area contributed by atoms with Crippen LogP contribution in [0.2, 0.25) is 0 Å². The summed E-state index contributed by atoms with van der Waals surface area (Å²) in [5.41, 5.74) is 5.75. The molecule has 0 unspecified atom stereocenters. The van der Waals surface area contributed by atoms with Crippen LogP contribution in [-0.2, 0) is 0 Å². The van der Waals surface area contributed by atoms with E-state index >= 15 is 0 Å². The highest BCUT2D eigenvalue weighted by Gasteiger charge is 2.22. The molecule has 2 aromatic heterocycles. The Kier molecular flexibility index (Phi) is 3.66. The Balaban J connectivity index is 2.06. The second kappa shape index (κ2) is 5.86. The summed E-state index contributed by atoms with van der Waals surface area (Å²) in [4.78, 5) is 19.8. The number of benzene rings is 2. The van der Waals surface area contributed by atoms with Gasteiger partial charge in [-0.1, -0.05) is 42.5 Å². The SMILES string of the molecule is Cc1ccccc1-c1[nH]c2ccccc2c1-c1nc(C)c(C(=O)O)s1. The van der Waals surface area contributed by atoms with Crippen molar-refractivity contribution in [1.29, 1.82) is 0 Å². The summed E-state index contributed by atoms with van der Waals surface area (Å²) in [5.74, 6) is -0.932. The number of H-pyrrole nitrogens is 1. The van der Waals surface area contributed by atoms with Crippen molar-refractivity contribution in [1.82, 2.24) is 9.97 Å². The topological polar surface area (TPSA) is 66.0 Å². The van der Waals surface area contributed by atoms with Gasteiger partial charge in [-0.25, -0.2) is 9.78 Å². The lowest BCUT2D eigenvalue weighted by Gasteiger charge is -2.06. The monoisotopic (exact) mass is 348 g/mol. The average molecular weight is 348 g/mol. The minimum absolute atomic E-state index is 0.288. The number of carboxylic acids is 1. The molecule has 2 aromatic carbocycles. The second-order valence-corrected chi connectivity index (χ2v) is 6.97. The molecule has 0 aliphatic carbocycles. The number of aromatic amines is 1. The Hall–Kier alpha value is -2.92. The molecule has 2 N–H and O–H groups in total. The lowest BCUT2D eigenvalue weighted by Crippen LogP contribution is -1.94. The first kappa shape index (κ1) is 15.6. The molecule has 0 spiro atoms. The average Bonchev–Trinajstić information content (AvgIpc) is 3.15. The molecule has 2 heterocycles. The van der Waals surface area contributed by atoms with Gasteiger partial charge in [-0.3, -0.25) is 0 Å². The molecule has 0 atom stereocenters. The number of carbonyl (C=O) groups is 1. The first-order valence-corrected chi connectivity index (χ1v) is 8.75. The fourth-order valence-corrected chi connectivity index (χ4v) is 4.09. The van der Waals surface area contributed by atoms with Crippen LogP contribution < -0.4 is 0 Å². The number of nitrogens with one attached hydrogen (secondary N) is 1. The number of aryl methyl sites for hydroxylation is 2. The van der Waals surface area contributed by atoms with Gasteiger partial charge in [-0.05, 0) is 25.5 Å². The maximum absolute atomic E-state index is 11.4. The van der Waals surface area contributed by atoms with E-state index < -0.39 is 5.97 Å². The maximum Gasteiger partial charge on any atom is 0.347 e. The smallest absolute Gasteiger partial charge is 0.347 e. The van der Waals surface area contributed by atoms with Crippen molar-refractivity contribution in [3.8, 4) is 21.8 Å². The number of carboxylic acid groups (broad SMARTS) is 1. The van der Waals surface area contributed by atoms with Crippen molar-refractivity contribution in [2.45, 2.75) is 13.8 Å². The summed E-state index contributed by atoms with van der Waals surface area (Å²) in [7, 11) is 0. The van der Waals surface area contributed by atoms with E-state index in [1.165, 1.54) is 11.3 Å². The fourth-order valence-electron chi connectivity index (χ4n) is 3.12. The molecule has 0 fully saturated rings. The van der Waals surface area contributed by atoms with E-state index in [2.05, 4.69) is 29.0 Å². The summed E-state index contributed by atoms with van der Waals surface area (Å²) in [6.07, 6.45) is 0. The van der Waals surface area contributed by atoms with Gasteiger partial charge in [0, 0.05) is 22.0 Å². The maximum atomic E-state index is 11.4. The minimum atomic E-state index is -0.932. The molecule has 0 aliphatic heterocycles. The van der Waals surface area contributed by atoms with E-state index in [0.717, 1.165) is 38.3 Å². The van der Waals surface area contributed by atoms with Crippen LogP contribution in [0.15, 0.2) is 48.5 Å². The third kappa shape index (κ3) is 2.53. The lowest BCUT2D eigenvalue weighted by atomic mass is 10.0. The van der Waals surface area contributed by atoms with Crippen LogP contribution in [0.3, 0.4) is 0 Å². The highest BCUT2D eigenvalue weighted by atomic mass is 32.1. The van der Waals surface area contributed by atoms with Gasteiger partial charge < -0.3 is 10.1 Å². The third-order valence-corrected chi connectivity index (χ3v) is 5.49. The van der Waals surface area contributed by atoms with Gasteiger partial charge in [0.25, 0.3) is 0 Å². The molecular formula is C20H16N2O2S. The molecule has 5 heteroatoms. The number of nitrogens with zero attached hydrogens (tertiary/aromatic N) is 1. The molecule has 4 nitrogen and oxygen atoms in total. The predicted molar refractivity (Wildman–Crippen MR) is 101 cm³/mol. The van der Waals surface area contributed by atoms with E-state index in [1.54, 1.807) is 6.92 Å². The summed E-state index contributed by atoms with van der Waals surface area (Å²) in [6.45, 7) is 3.81. The number of aromatic carboxylic acids is 1. The first-order chi connectivity index (χ1) is 12.1. The van der Waals surface area contributed by atoms with Crippen molar-refractivity contribution in [3.63, 3.8) is 0 Å². The Morgan fingerprint density at radius 2 is 1.80 bits per heavy atom. The van der Waals surface area contributed by atoms with Gasteiger partial charge in [0.15, 0.2) is 0 Å². The molecule has 0 radical (unpaired) electrons. The standard InChI is InChI=1S/C20H16N2O2S/c1-11-7-3-4-8-13(11)17-16(14-9-5-6-10-15(14)22-17)19-21-12(2)18(25-19)20(23)24/h3-10,22H,1-2H3,(H,23,24). The molecule has 0 aliphatic rings. The Morgan fingerprint density at radius 1 is 1.08 bits per heavy atom. The molecule has 124 valence electrons. The largest absolute Gasteiger partial charge is 0.477 e. The van der Waals surface area contributed by atoms with E-state index in [9.17, 15) is 9.90 Å². The number of thiazole rings is 1. The number of para-hydroxylation sites is 1. The van der Waals surface area contributed by atoms with Crippen LogP contribution >= 0.6 is 11.3 Å². The molecular weight excluding hydrogens is 332 g/mol. The number of fused-ring (bicyclic) bond motifs is 1. The van der Waals surface area contributed by atoms with Crippen LogP contribution in [-0.4, -0.2) is 21.0 Å². The lowest BCUT2D eigenvalue weighted by molar-refractivity contribution is 0.0701. The summed E-state index contributed by atoms with van der Waals surface area (Å²) in [6, 6.07) is 16.2.